The Bertz CT molecular complexity index is 723. The Morgan fingerprint density at radius 1 is 1.37 bits per heavy atom. The largest absolute Gasteiger partial charge is 0.465 e. The SMILES string of the molecule is CCOC(=O)Cn1[nH]c(=O)n2cc(CC)cc2c1=O. The third-order valence-corrected chi connectivity index (χ3v) is 2.79. The van der Waals surface area contributed by atoms with E-state index in [1.165, 1.54) is 4.40 Å². The first-order valence-corrected chi connectivity index (χ1v) is 6.06. The smallest absolute Gasteiger partial charge is 0.345 e. The van der Waals surface area contributed by atoms with Crippen molar-refractivity contribution in [3.63, 3.8) is 0 Å². The average molecular weight is 265 g/mol. The number of hydrogen-bond donors (Lipinski definition) is 1. The predicted octanol–water partition coefficient (Wildman–Crippen LogP) is -0.0852. The molecule has 19 heavy (non-hydrogen) atoms. The van der Waals surface area contributed by atoms with Crippen LogP contribution in [0.1, 0.15) is 19.4 Å². The number of ether oxygens (including phenoxy) is 1. The molecule has 0 saturated heterocycles. The van der Waals surface area contributed by atoms with Crippen LogP contribution >= 0.6 is 0 Å². The third-order valence-electron chi connectivity index (χ3n) is 2.79. The van der Waals surface area contributed by atoms with Crippen LogP contribution in [-0.2, 0) is 22.5 Å². The van der Waals surface area contributed by atoms with Gasteiger partial charge in [0.2, 0.25) is 0 Å². The lowest BCUT2D eigenvalue weighted by Gasteiger charge is -2.05. The second kappa shape index (κ2) is 5.13. The maximum Gasteiger partial charge on any atom is 0.345 e. The number of esters is 1. The van der Waals surface area contributed by atoms with Crippen LogP contribution in [0.4, 0.5) is 0 Å². The number of rotatable bonds is 4. The number of H-pyrrole nitrogens is 1. The van der Waals surface area contributed by atoms with Crippen molar-refractivity contribution in [3.8, 4) is 0 Å². The Kier molecular flexibility index (Phi) is 3.55. The molecule has 7 nitrogen and oxygen atoms in total. The highest BCUT2D eigenvalue weighted by atomic mass is 16.5. The van der Waals surface area contributed by atoms with Crippen molar-refractivity contribution in [1.82, 2.24) is 14.2 Å². The molecule has 2 aromatic rings. The van der Waals surface area contributed by atoms with Crippen LogP contribution in [0.5, 0.6) is 0 Å². The van der Waals surface area contributed by atoms with E-state index < -0.39 is 17.2 Å². The molecule has 0 bridgehead atoms. The second-order valence-corrected chi connectivity index (χ2v) is 4.07. The molecular formula is C12H15N3O4. The van der Waals surface area contributed by atoms with Gasteiger partial charge < -0.3 is 4.74 Å². The standard InChI is InChI=1S/C12H15N3O4/c1-3-8-5-9-11(17)15(7-10(16)19-4-2)13-12(18)14(9)6-8/h5-6H,3-4,7H2,1-2H3,(H,13,18). The Labute approximate surface area is 108 Å². The van der Waals surface area contributed by atoms with E-state index in [0.29, 0.717) is 0 Å². The van der Waals surface area contributed by atoms with E-state index in [9.17, 15) is 14.4 Å². The van der Waals surface area contributed by atoms with Crippen LogP contribution < -0.4 is 11.2 Å². The number of hydrogen-bond acceptors (Lipinski definition) is 4. The number of nitrogens with zero attached hydrogens (tertiary/aromatic N) is 2. The van der Waals surface area contributed by atoms with Gasteiger partial charge in [-0.1, -0.05) is 6.92 Å². The molecule has 0 aromatic carbocycles. The van der Waals surface area contributed by atoms with Crippen molar-refractivity contribution >= 4 is 11.5 Å². The van der Waals surface area contributed by atoms with E-state index >= 15 is 0 Å². The first-order valence-electron chi connectivity index (χ1n) is 6.06. The molecule has 0 radical (unpaired) electrons. The van der Waals surface area contributed by atoms with Crippen molar-refractivity contribution in [2.45, 2.75) is 26.8 Å². The molecular weight excluding hydrogens is 250 g/mol. The van der Waals surface area contributed by atoms with E-state index in [0.717, 1.165) is 16.7 Å². The van der Waals surface area contributed by atoms with Crippen molar-refractivity contribution in [2.24, 2.45) is 0 Å². The Balaban J connectivity index is 2.52. The van der Waals surface area contributed by atoms with Gasteiger partial charge in [-0.3, -0.25) is 14.0 Å². The van der Waals surface area contributed by atoms with Gasteiger partial charge in [-0.25, -0.2) is 14.6 Å². The van der Waals surface area contributed by atoms with Gasteiger partial charge in [0.1, 0.15) is 12.1 Å². The highest BCUT2D eigenvalue weighted by Gasteiger charge is 2.11. The normalized spacial score (nSPS) is 10.8. The van der Waals surface area contributed by atoms with Gasteiger partial charge in [-0.05, 0) is 25.0 Å². The summed E-state index contributed by atoms with van der Waals surface area (Å²) < 4.78 is 6.97. The monoisotopic (exact) mass is 265 g/mol. The zero-order valence-electron chi connectivity index (χ0n) is 10.8. The van der Waals surface area contributed by atoms with Gasteiger partial charge >= 0.3 is 11.7 Å². The van der Waals surface area contributed by atoms with Gasteiger partial charge in [-0.15, -0.1) is 0 Å². The maximum atomic E-state index is 12.1. The third kappa shape index (κ3) is 2.44. The molecule has 102 valence electrons. The summed E-state index contributed by atoms with van der Waals surface area (Å²) >= 11 is 0. The zero-order chi connectivity index (χ0) is 14.0. The lowest BCUT2D eigenvalue weighted by molar-refractivity contribution is -0.144. The highest BCUT2D eigenvalue weighted by Crippen LogP contribution is 2.03. The maximum absolute atomic E-state index is 12.1. The fraction of sp³-hybridized carbons (Fsp3) is 0.417. The minimum absolute atomic E-state index is 0.227. The summed E-state index contributed by atoms with van der Waals surface area (Å²) in [6.07, 6.45) is 2.34. The molecule has 0 atom stereocenters. The molecule has 1 N–H and O–H groups in total. The summed E-state index contributed by atoms with van der Waals surface area (Å²) in [6, 6.07) is 1.65. The number of carbonyl (C=O) groups is 1. The molecule has 0 saturated carbocycles. The first-order chi connectivity index (χ1) is 9.06. The predicted molar refractivity (Wildman–Crippen MR) is 68.3 cm³/mol. The average Bonchev–Trinajstić information content (AvgIpc) is 2.81. The van der Waals surface area contributed by atoms with E-state index in [2.05, 4.69) is 5.10 Å². The zero-order valence-corrected chi connectivity index (χ0v) is 10.8. The summed E-state index contributed by atoms with van der Waals surface area (Å²) in [5.41, 5.74) is 0.257. The molecule has 7 heteroatoms. The Morgan fingerprint density at radius 3 is 2.74 bits per heavy atom. The lowest BCUT2D eigenvalue weighted by atomic mass is 10.3. The summed E-state index contributed by atoms with van der Waals surface area (Å²) in [5.74, 6) is -0.563. The van der Waals surface area contributed by atoms with Gasteiger partial charge in [-0.2, -0.15) is 0 Å². The number of aromatic nitrogens is 3. The fourth-order valence-electron chi connectivity index (χ4n) is 1.85. The van der Waals surface area contributed by atoms with Crippen LogP contribution in [0.25, 0.3) is 5.52 Å². The number of carbonyl (C=O) groups excluding carboxylic acids is 1. The molecule has 2 rings (SSSR count). The summed E-state index contributed by atoms with van der Waals surface area (Å²) in [6.45, 7) is 3.53. The summed E-state index contributed by atoms with van der Waals surface area (Å²) in [5, 5.41) is 2.36. The molecule has 0 fully saturated rings. The Morgan fingerprint density at radius 2 is 2.11 bits per heavy atom. The number of nitrogens with one attached hydrogen (secondary N) is 1. The summed E-state index contributed by atoms with van der Waals surface area (Å²) in [4.78, 5) is 35.3. The minimum atomic E-state index is -0.563. The minimum Gasteiger partial charge on any atom is -0.465 e. The molecule has 0 aliphatic heterocycles. The van der Waals surface area contributed by atoms with Gasteiger partial charge in [0.25, 0.3) is 5.56 Å². The quantitative estimate of drug-likeness (QED) is 0.783. The van der Waals surface area contributed by atoms with Crippen molar-refractivity contribution < 1.29 is 9.53 Å². The van der Waals surface area contributed by atoms with Crippen molar-refractivity contribution in [3.05, 3.63) is 38.7 Å². The van der Waals surface area contributed by atoms with Crippen molar-refractivity contribution in [2.75, 3.05) is 6.61 Å². The molecule has 0 aliphatic rings. The van der Waals surface area contributed by atoms with E-state index in [1.807, 2.05) is 6.92 Å². The molecule has 0 spiro atoms. The summed E-state index contributed by atoms with van der Waals surface area (Å²) in [7, 11) is 0. The molecule has 0 aliphatic carbocycles. The van der Waals surface area contributed by atoms with Crippen LogP contribution in [0, 0.1) is 0 Å². The van der Waals surface area contributed by atoms with Gasteiger partial charge in [0, 0.05) is 6.20 Å². The Hall–Kier alpha value is -2.31. The van der Waals surface area contributed by atoms with Crippen LogP contribution in [0.3, 0.4) is 0 Å². The van der Waals surface area contributed by atoms with Crippen LogP contribution in [-0.4, -0.2) is 26.8 Å². The first kappa shape index (κ1) is 13.1. The molecule has 2 aromatic heterocycles. The van der Waals surface area contributed by atoms with Gasteiger partial charge in [0.05, 0.1) is 6.61 Å². The fourth-order valence-corrected chi connectivity index (χ4v) is 1.85. The van der Waals surface area contributed by atoms with Crippen LogP contribution in [0.2, 0.25) is 0 Å². The van der Waals surface area contributed by atoms with Gasteiger partial charge in [0.15, 0.2) is 0 Å². The number of aryl methyl sites for hydroxylation is 1. The van der Waals surface area contributed by atoms with Crippen molar-refractivity contribution in [1.29, 1.82) is 0 Å². The van der Waals surface area contributed by atoms with E-state index in [1.54, 1.807) is 19.2 Å². The molecule has 0 unspecified atom stereocenters. The van der Waals surface area contributed by atoms with E-state index in [-0.39, 0.29) is 18.7 Å². The highest BCUT2D eigenvalue weighted by molar-refractivity contribution is 5.69. The molecule has 0 amide bonds. The topological polar surface area (TPSA) is 85.6 Å². The molecule has 2 heterocycles. The van der Waals surface area contributed by atoms with Crippen LogP contribution in [0.15, 0.2) is 21.9 Å². The van der Waals surface area contributed by atoms with E-state index in [4.69, 9.17) is 4.74 Å². The number of fused-ring (bicyclic) bond motifs is 1. The number of aromatic amines is 1. The lowest BCUT2D eigenvalue weighted by Crippen LogP contribution is -2.35. The second-order valence-electron chi connectivity index (χ2n) is 4.07.